The Morgan fingerprint density at radius 3 is 1.95 bits per heavy atom. The van der Waals surface area contributed by atoms with Gasteiger partial charge in [-0.05, 0) is 42.0 Å². The molecule has 0 N–H and O–H groups in total. The van der Waals surface area contributed by atoms with Crippen LogP contribution in [0.1, 0.15) is 34.6 Å². The minimum Gasteiger partial charge on any atom is -0.0622 e. The van der Waals surface area contributed by atoms with E-state index in [1.165, 1.54) is 22.3 Å². The van der Waals surface area contributed by atoms with Crippen LogP contribution in [0.2, 0.25) is 0 Å². The van der Waals surface area contributed by atoms with Gasteiger partial charge in [0.1, 0.15) is 0 Å². The molecule has 3 rings (SSSR count). The topological polar surface area (TPSA) is 0 Å². The highest BCUT2D eigenvalue weighted by molar-refractivity contribution is 5.37. The van der Waals surface area contributed by atoms with Crippen molar-refractivity contribution in [1.29, 1.82) is 0 Å². The molecule has 3 aromatic rings. The minimum absolute atomic E-state index is 0.461. The molecule has 1 unspecified atom stereocenters. The molecular weight excluding hydrogens is 264 g/mol. The number of rotatable bonds is 5. The Bertz CT molecular complexity index is 698. The molecule has 0 heteroatoms. The van der Waals surface area contributed by atoms with Gasteiger partial charge in [-0.15, -0.1) is 0 Å². The van der Waals surface area contributed by atoms with E-state index in [2.05, 4.69) is 91.9 Å². The Morgan fingerprint density at radius 1 is 0.682 bits per heavy atom. The molecule has 3 aromatic carbocycles. The minimum atomic E-state index is 0.461. The zero-order chi connectivity index (χ0) is 15.2. The first-order valence-electron chi connectivity index (χ1n) is 7.99. The van der Waals surface area contributed by atoms with Crippen molar-refractivity contribution < 1.29 is 0 Å². The van der Waals surface area contributed by atoms with Gasteiger partial charge < -0.3 is 0 Å². The van der Waals surface area contributed by atoms with Crippen molar-refractivity contribution >= 4 is 0 Å². The molecule has 0 aliphatic carbocycles. The van der Waals surface area contributed by atoms with Crippen molar-refractivity contribution in [2.24, 2.45) is 0 Å². The fourth-order valence-electron chi connectivity index (χ4n) is 3.12. The van der Waals surface area contributed by atoms with E-state index in [0.29, 0.717) is 5.92 Å². The summed E-state index contributed by atoms with van der Waals surface area (Å²) >= 11 is 0. The third kappa shape index (κ3) is 3.46. The fraction of sp³-hybridized carbons (Fsp3) is 0.182. The van der Waals surface area contributed by atoms with Gasteiger partial charge in [0, 0.05) is 5.92 Å². The molecule has 0 bridgehead atoms. The van der Waals surface area contributed by atoms with Crippen LogP contribution in [0.5, 0.6) is 0 Å². The van der Waals surface area contributed by atoms with E-state index < -0.39 is 0 Å². The van der Waals surface area contributed by atoms with E-state index in [1.807, 2.05) is 0 Å². The average Bonchev–Trinajstić information content (AvgIpc) is 2.58. The molecule has 0 amide bonds. The van der Waals surface area contributed by atoms with Crippen LogP contribution in [0.3, 0.4) is 0 Å². The van der Waals surface area contributed by atoms with E-state index in [0.717, 1.165) is 12.8 Å². The summed E-state index contributed by atoms with van der Waals surface area (Å²) < 4.78 is 0. The maximum atomic E-state index is 2.28. The van der Waals surface area contributed by atoms with Crippen LogP contribution in [-0.2, 0) is 6.42 Å². The van der Waals surface area contributed by atoms with E-state index in [-0.39, 0.29) is 0 Å². The van der Waals surface area contributed by atoms with Crippen LogP contribution in [0.15, 0.2) is 84.9 Å². The first kappa shape index (κ1) is 14.6. The summed E-state index contributed by atoms with van der Waals surface area (Å²) in [5, 5.41) is 0. The lowest BCUT2D eigenvalue weighted by molar-refractivity contribution is 0.711. The molecule has 0 nitrogen and oxygen atoms in total. The summed E-state index contributed by atoms with van der Waals surface area (Å²) in [6.07, 6.45) is 2.24. The van der Waals surface area contributed by atoms with Gasteiger partial charge in [-0.25, -0.2) is 0 Å². The quantitative estimate of drug-likeness (QED) is 0.559. The van der Waals surface area contributed by atoms with Crippen molar-refractivity contribution in [2.45, 2.75) is 25.7 Å². The lowest BCUT2D eigenvalue weighted by atomic mass is 9.84. The van der Waals surface area contributed by atoms with Gasteiger partial charge in [0.15, 0.2) is 0 Å². The molecular formula is C22H22. The van der Waals surface area contributed by atoms with Gasteiger partial charge in [0.05, 0.1) is 0 Å². The molecule has 0 fully saturated rings. The zero-order valence-electron chi connectivity index (χ0n) is 13.1. The average molecular weight is 286 g/mol. The Balaban J connectivity index is 1.89. The van der Waals surface area contributed by atoms with Crippen LogP contribution in [0.4, 0.5) is 0 Å². The van der Waals surface area contributed by atoms with Gasteiger partial charge in [-0.3, -0.25) is 0 Å². The monoisotopic (exact) mass is 286 g/mol. The summed E-state index contributed by atoms with van der Waals surface area (Å²) in [4.78, 5) is 0. The Labute approximate surface area is 133 Å². The Morgan fingerprint density at radius 2 is 1.27 bits per heavy atom. The molecule has 0 aliphatic heterocycles. The van der Waals surface area contributed by atoms with E-state index >= 15 is 0 Å². The summed E-state index contributed by atoms with van der Waals surface area (Å²) in [6, 6.07) is 30.4. The third-order valence-corrected chi connectivity index (χ3v) is 4.33. The summed E-state index contributed by atoms with van der Waals surface area (Å²) in [6.45, 7) is 2.22. The molecule has 22 heavy (non-hydrogen) atoms. The maximum Gasteiger partial charge on any atom is 0.00951 e. The summed E-state index contributed by atoms with van der Waals surface area (Å²) in [7, 11) is 0. The van der Waals surface area contributed by atoms with Crippen molar-refractivity contribution in [3.63, 3.8) is 0 Å². The van der Waals surface area contributed by atoms with E-state index in [1.54, 1.807) is 0 Å². The second-order valence-electron chi connectivity index (χ2n) is 5.84. The number of hydrogen-bond acceptors (Lipinski definition) is 0. The van der Waals surface area contributed by atoms with Crippen LogP contribution >= 0.6 is 0 Å². The lowest BCUT2D eigenvalue weighted by Crippen LogP contribution is -2.05. The maximum absolute atomic E-state index is 2.28. The number of benzene rings is 3. The number of aryl methyl sites for hydroxylation is 2. The van der Waals surface area contributed by atoms with Gasteiger partial charge >= 0.3 is 0 Å². The molecule has 110 valence electrons. The highest BCUT2D eigenvalue weighted by Gasteiger charge is 2.15. The van der Waals surface area contributed by atoms with Crippen molar-refractivity contribution in [2.75, 3.05) is 0 Å². The summed E-state index contributed by atoms with van der Waals surface area (Å²) in [5.74, 6) is 0.461. The van der Waals surface area contributed by atoms with Gasteiger partial charge in [0.2, 0.25) is 0 Å². The Hall–Kier alpha value is -2.34. The first-order valence-corrected chi connectivity index (χ1v) is 7.99. The second-order valence-corrected chi connectivity index (χ2v) is 5.84. The summed E-state index contributed by atoms with van der Waals surface area (Å²) in [5.41, 5.74) is 5.65. The standard InChI is InChI=1S/C22H22/c1-18-10-8-9-15-21(18)22(20-13-6-3-7-14-20)17-16-19-11-4-2-5-12-19/h2-15,22H,16-17H2,1H3. The van der Waals surface area contributed by atoms with E-state index in [9.17, 15) is 0 Å². The highest BCUT2D eigenvalue weighted by Crippen LogP contribution is 2.31. The smallest absolute Gasteiger partial charge is 0.00951 e. The predicted octanol–water partition coefficient (Wildman–Crippen LogP) is 5.76. The molecule has 0 heterocycles. The van der Waals surface area contributed by atoms with Gasteiger partial charge in [0.25, 0.3) is 0 Å². The van der Waals surface area contributed by atoms with Crippen molar-refractivity contribution in [1.82, 2.24) is 0 Å². The first-order chi connectivity index (χ1) is 10.8. The fourth-order valence-corrected chi connectivity index (χ4v) is 3.12. The molecule has 0 aromatic heterocycles. The molecule has 0 spiro atoms. The second kappa shape index (κ2) is 7.09. The zero-order valence-corrected chi connectivity index (χ0v) is 13.1. The van der Waals surface area contributed by atoms with Crippen molar-refractivity contribution in [3.8, 4) is 0 Å². The van der Waals surface area contributed by atoms with E-state index in [4.69, 9.17) is 0 Å². The molecule has 0 saturated carbocycles. The third-order valence-electron chi connectivity index (χ3n) is 4.33. The Kier molecular flexibility index (Phi) is 4.70. The van der Waals surface area contributed by atoms with Crippen LogP contribution in [-0.4, -0.2) is 0 Å². The van der Waals surface area contributed by atoms with Crippen molar-refractivity contribution in [3.05, 3.63) is 107 Å². The normalized spacial score (nSPS) is 12.0. The van der Waals surface area contributed by atoms with Gasteiger partial charge in [-0.1, -0.05) is 84.9 Å². The van der Waals surface area contributed by atoms with Crippen LogP contribution < -0.4 is 0 Å². The number of hydrogen-bond donors (Lipinski definition) is 0. The lowest BCUT2D eigenvalue weighted by Gasteiger charge is -2.20. The molecule has 1 atom stereocenters. The van der Waals surface area contributed by atoms with Gasteiger partial charge in [-0.2, -0.15) is 0 Å². The largest absolute Gasteiger partial charge is 0.0622 e. The van der Waals surface area contributed by atoms with Crippen LogP contribution in [0.25, 0.3) is 0 Å². The molecule has 0 radical (unpaired) electrons. The predicted molar refractivity (Wildman–Crippen MR) is 94.2 cm³/mol. The highest BCUT2D eigenvalue weighted by atomic mass is 14.2. The van der Waals surface area contributed by atoms with Crippen LogP contribution in [0, 0.1) is 6.92 Å². The molecule has 0 saturated heterocycles. The SMILES string of the molecule is Cc1ccccc1C(CCc1ccccc1)c1ccccc1. The molecule has 0 aliphatic rings.